The monoisotopic (exact) mass is 336 g/mol. The maximum Gasteiger partial charge on any atom is 0.305 e. The number of para-hydroxylation sites is 1. The van der Waals surface area contributed by atoms with Gasteiger partial charge in [-0.3, -0.25) is 14.4 Å². The summed E-state index contributed by atoms with van der Waals surface area (Å²) in [5.74, 6) is -0.858. The van der Waals surface area contributed by atoms with Crippen LogP contribution in [-0.4, -0.2) is 48.0 Å². The Bertz CT molecular complexity index is 588. The van der Waals surface area contributed by atoms with E-state index in [4.69, 9.17) is 9.84 Å². The van der Waals surface area contributed by atoms with Crippen molar-refractivity contribution in [2.24, 2.45) is 0 Å². The molecule has 7 heteroatoms. The zero-order valence-corrected chi connectivity index (χ0v) is 14.2. The summed E-state index contributed by atoms with van der Waals surface area (Å²) < 4.78 is 5.57. The second-order valence-electron chi connectivity index (χ2n) is 5.39. The molecule has 1 aromatic rings. The molecule has 0 aromatic heterocycles. The molecule has 1 rings (SSSR count). The van der Waals surface area contributed by atoms with Gasteiger partial charge in [-0.1, -0.05) is 18.2 Å². The van der Waals surface area contributed by atoms with Crippen molar-refractivity contribution in [2.75, 3.05) is 20.2 Å². The molecule has 1 aromatic carbocycles. The number of amides is 2. The lowest BCUT2D eigenvalue weighted by molar-refractivity contribution is -0.138. The summed E-state index contributed by atoms with van der Waals surface area (Å²) in [4.78, 5) is 35.8. The minimum atomic E-state index is -0.963. The number of nitrogens with one attached hydrogen (secondary N) is 1. The van der Waals surface area contributed by atoms with Gasteiger partial charge in [0, 0.05) is 26.1 Å². The lowest BCUT2D eigenvalue weighted by Gasteiger charge is -2.23. The van der Waals surface area contributed by atoms with Crippen LogP contribution in [0.15, 0.2) is 24.3 Å². The van der Waals surface area contributed by atoms with Gasteiger partial charge < -0.3 is 20.1 Å². The number of carbonyl (C=O) groups excluding carboxylic acids is 2. The second kappa shape index (κ2) is 9.54. The number of rotatable bonds is 9. The molecule has 2 amide bonds. The molecule has 7 nitrogen and oxygen atoms in total. The Balaban J connectivity index is 2.91. The maximum atomic E-state index is 12.3. The summed E-state index contributed by atoms with van der Waals surface area (Å²) in [6, 6.07) is 6.68. The number of carboxylic acid groups (broad SMARTS) is 1. The smallest absolute Gasteiger partial charge is 0.305 e. The highest BCUT2D eigenvalue weighted by molar-refractivity contribution is 5.79. The van der Waals surface area contributed by atoms with Crippen molar-refractivity contribution in [1.29, 1.82) is 0 Å². The molecule has 1 atom stereocenters. The second-order valence-corrected chi connectivity index (χ2v) is 5.39. The third-order valence-corrected chi connectivity index (χ3v) is 3.44. The van der Waals surface area contributed by atoms with E-state index in [0.29, 0.717) is 12.4 Å². The van der Waals surface area contributed by atoms with E-state index in [0.717, 1.165) is 5.56 Å². The summed E-state index contributed by atoms with van der Waals surface area (Å²) in [6.07, 6.45) is -0.0949. The lowest BCUT2D eigenvalue weighted by Crippen LogP contribution is -2.35. The van der Waals surface area contributed by atoms with Gasteiger partial charge in [-0.25, -0.2) is 0 Å². The Morgan fingerprint density at radius 3 is 2.54 bits per heavy atom. The number of nitrogens with zero attached hydrogens (tertiary/aromatic N) is 1. The number of ether oxygens (including phenoxy) is 1. The minimum Gasteiger partial charge on any atom is -0.494 e. The SMILES string of the molecule is CCOc1ccccc1C(CC(=O)N(C)CCC(=O)O)NC(C)=O. The summed E-state index contributed by atoms with van der Waals surface area (Å²) in [5.41, 5.74) is 0.717. The topological polar surface area (TPSA) is 95.9 Å². The normalized spacial score (nSPS) is 11.5. The molecule has 0 aliphatic heterocycles. The van der Waals surface area contributed by atoms with Crippen LogP contribution >= 0.6 is 0 Å². The molecular weight excluding hydrogens is 312 g/mol. The van der Waals surface area contributed by atoms with E-state index in [1.807, 2.05) is 19.1 Å². The molecule has 0 saturated heterocycles. The van der Waals surface area contributed by atoms with E-state index in [2.05, 4.69) is 5.32 Å². The minimum absolute atomic E-state index is 0.0276. The molecule has 0 bridgehead atoms. The van der Waals surface area contributed by atoms with Crippen molar-refractivity contribution in [2.45, 2.75) is 32.7 Å². The van der Waals surface area contributed by atoms with Gasteiger partial charge in [0.15, 0.2) is 0 Å². The van der Waals surface area contributed by atoms with Crippen molar-refractivity contribution < 1.29 is 24.2 Å². The largest absolute Gasteiger partial charge is 0.494 e. The van der Waals surface area contributed by atoms with Crippen LogP contribution in [-0.2, 0) is 14.4 Å². The van der Waals surface area contributed by atoms with Gasteiger partial charge in [0.2, 0.25) is 11.8 Å². The van der Waals surface area contributed by atoms with Crippen LogP contribution in [0.1, 0.15) is 38.3 Å². The first kappa shape index (κ1) is 19.5. The van der Waals surface area contributed by atoms with Gasteiger partial charge in [-0.15, -0.1) is 0 Å². The fourth-order valence-electron chi connectivity index (χ4n) is 2.26. The van der Waals surface area contributed by atoms with Crippen LogP contribution in [0.5, 0.6) is 5.75 Å². The zero-order chi connectivity index (χ0) is 18.1. The van der Waals surface area contributed by atoms with Crippen LogP contribution in [0.2, 0.25) is 0 Å². The molecule has 132 valence electrons. The molecule has 24 heavy (non-hydrogen) atoms. The lowest BCUT2D eigenvalue weighted by atomic mass is 10.0. The van der Waals surface area contributed by atoms with E-state index < -0.39 is 12.0 Å². The first-order valence-corrected chi connectivity index (χ1v) is 7.79. The quantitative estimate of drug-likeness (QED) is 0.714. The van der Waals surface area contributed by atoms with Crippen molar-refractivity contribution >= 4 is 17.8 Å². The Morgan fingerprint density at radius 1 is 1.29 bits per heavy atom. The molecule has 0 radical (unpaired) electrons. The Labute approximate surface area is 141 Å². The Kier molecular flexibility index (Phi) is 7.74. The molecule has 1 unspecified atom stereocenters. The van der Waals surface area contributed by atoms with E-state index in [9.17, 15) is 14.4 Å². The van der Waals surface area contributed by atoms with Crippen LogP contribution < -0.4 is 10.1 Å². The third kappa shape index (κ3) is 6.28. The third-order valence-electron chi connectivity index (χ3n) is 3.44. The summed E-state index contributed by atoms with van der Waals surface area (Å²) in [6.45, 7) is 3.83. The highest BCUT2D eigenvalue weighted by Gasteiger charge is 2.22. The molecule has 2 N–H and O–H groups in total. The summed E-state index contributed by atoms with van der Waals surface area (Å²) >= 11 is 0. The molecule has 0 heterocycles. The van der Waals surface area contributed by atoms with Gasteiger partial charge in [0.25, 0.3) is 0 Å². The highest BCUT2D eigenvalue weighted by atomic mass is 16.5. The number of aliphatic carboxylic acids is 1. The number of carbonyl (C=O) groups is 3. The van der Waals surface area contributed by atoms with Crippen molar-refractivity contribution in [3.63, 3.8) is 0 Å². The summed E-state index contributed by atoms with van der Waals surface area (Å²) in [7, 11) is 1.55. The first-order chi connectivity index (χ1) is 11.3. The standard InChI is InChI=1S/C17H24N2O5/c1-4-24-15-8-6-5-7-13(15)14(18-12(2)20)11-16(21)19(3)10-9-17(22)23/h5-8,14H,4,9-11H2,1-3H3,(H,18,20)(H,22,23). The van der Waals surface area contributed by atoms with Gasteiger partial charge in [-0.05, 0) is 13.0 Å². The number of benzene rings is 1. The summed E-state index contributed by atoms with van der Waals surface area (Å²) in [5, 5.41) is 11.5. The predicted molar refractivity (Wildman–Crippen MR) is 88.7 cm³/mol. The average Bonchev–Trinajstić information content (AvgIpc) is 2.52. The van der Waals surface area contributed by atoms with E-state index in [1.165, 1.54) is 11.8 Å². The Morgan fingerprint density at radius 2 is 1.96 bits per heavy atom. The van der Waals surface area contributed by atoms with Crippen LogP contribution in [0.4, 0.5) is 0 Å². The zero-order valence-electron chi connectivity index (χ0n) is 14.2. The number of hydrogen-bond donors (Lipinski definition) is 2. The van der Waals surface area contributed by atoms with Gasteiger partial charge in [-0.2, -0.15) is 0 Å². The molecule has 0 spiro atoms. The van der Waals surface area contributed by atoms with E-state index in [-0.39, 0.29) is 31.2 Å². The Hall–Kier alpha value is -2.57. The maximum absolute atomic E-state index is 12.3. The first-order valence-electron chi connectivity index (χ1n) is 7.79. The number of carboxylic acids is 1. The van der Waals surface area contributed by atoms with Gasteiger partial charge >= 0.3 is 5.97 Å². The van der Waals surface area contributed by atoms with Crippen LogP contribution in [0.3, 0.4) is 0 Å². The molecular formula is C17H24N2O5. The molecule has 0 aliphatic carbocycles. The highest BCUT2D eigenvalue weighted by Crippen LogP contribution is 2.27. The van der Waals surface area contributed by atoms with Crippen molar-refractivity contribution in [3.05, 3.63) is 29.8 Å². The van der Waals surface area contributed by atoms with Gasteiger partial charge in [0.1, 0.15) is 5.75 Å². The van der Waals surface area contributed by atoms with Crippen LogP contribution in [0, 0.1) is 0 Å². The molecule has 0 fully saturated rings. The van der Waals surface area contributed by atoms with Crippen molar-refractivity contribution in [1.82, 2.24) is 10.2 Å². The fraction of sp³-hybridized carbons (Fsp3) is 0.471. The van der Waals surface area contributed by atoms with Crippen molar-refractivity contribution in [3.8, 4) is 5.75 Å². The van der Waals surface area contributed by atoms with Crippen LogP contribution in [0.25, 0.3) is 0 Å². The van der Waals surface area contributed by atoms with E-state index >= 15 is 0 Å². The number of hydrogen-bond acceptors (Lipinski definition) is 4. The molecule has 0 saturated carbocycles. The van der Waals surface area contributed by atoms with E-state index in [1.54, 1.807) is 19.2 Å². The predicted octanol–water partition coefficient (Wildman–Crippen LogP) is 1.59. The average molecular weight is 336 g/mol. The molecule has 0 aliphatic rings. The fourth-order valence-corrected chi connectivity index (χ4v) is 2.26. The van der Waals surface area contributed by atoms with Gasteiger partial charge in [0.05, 0.1) is 25.5 Å².